The lowest BCUT2D eigenvalue weighted by molar-refractivity contribution is 0.116. The molecule has 0 aromatic heterocycles. The van der Waals surface area contributed by atoms with Gasteiger partial charge in [-0.3, -0.25) is 0 Å². The van der Waals surface area contributed by atoms with Crippen LogP contribution in [-0.2, 0) is 0 Å². The van der Waals surface area contributed by atoms with Crippen LogP contribution in [0.15, 0.2) is 18.2 Å². The number of ether oxygens (including phenoxy) is 1. The molecule has 84 valence electrons. The second-order valence-corrected chi connectivity index (χ2v) is 3.44. The van der Waals surface area contributed by atoms with Crippen LogP contribution in [0.4, 0.5) is 8.78 Å². The standard InChI is InChI=1S/C10H12ClF2NO/c1-15-8-4-2-3-7(11)9(8)6(5-14)10(12)13/h2-4,6,10H,5,14H2,1H3. The molecule has 0 bridgehead atoms. The van der Waals surface area contributed by atoms with E-state index in [0.717, 1.165) is 0 Å². The van der Waals surface area contributed by atoms with E-state index in [2.05, 4.69) is 0 Å². The maximum Gasteiger partial charge on any atom is 0.246 e. The van der Waals surface area contributed by atoms with Gasteiger partial charge in [-0.15, -0.1) is 0 Å². The van der Waals surface area contributed by atoms with Gasteiger partial charge in [0.15, 0.2) is 0 Å². The quantitative estimate of drug-likeness (QED) is 0.871. The lowest BCUT2D eigenvalue weighted by atomic mass is 9.98. The van der Waals surface area contributed by atoms with Crippen LogP contribution in [0.1, 0.15) is 11.5 Å². The van der Waals surface area contributed by atoms with Crippen LogP contribution >= 0.6 is 11.6 Å². The third-order valence-corrected chi connectivity index (χ3v) is 2.49. The van der Waals surface area contributed by atoms with Crippen molar-refractivity contribution < 1.29 is 13.5 Å². The van der Waals surface area contributed by atoms with Crippen LogP contribution in [0.2, 0.25) is 5.02 Å². The predicted molar refractivity (Wildman–Crippen MR) is 55.8 cm³/mol. The summed E-state index contributed by atoms with van der Waals surface area (Å²) in [6.45, 7) is -0.169. The Bertz CT molecular complexity index is 333. The molecule has 1 unspecified atom stereocenters. The maximum atomic E-state index is 12.7. The van der Waals surface area contributed by atoms with Crippen molar-refractivity contribution in [2.75, 3.05) is 13.7 Å². The van der Waals surface area contributed by atoms with Gasteiger partial charge in [0.1, 0.15) is 5.75 Å². The number of nitrogens with two attached hydrogens (primary N) is 1. The minimum atomic E-state index is -2.55. The Hall–Kier alpha value is -0.870. The van der Waals surface area contributed by atoms with Gasteiger partial charge < -0.3 is 10.5 Å². The van der Waals surface area contributed by atoms with Crippen LogP contribution < -0.4 is 10.5 Å². The van der Waals surface area contributed by atoms with Gasteiger partial charge in [-0.25, -0.2) is 8.78 Å². The number of halogens is 3. The number of hydrogen-bond donors (Lipinski definition) is 1. The summed E-state index contributed by atoms with van der Waals surface area (Å²) in [7, 11) is 1.41. The van der Waals surface area contributed by atoms with Crippen molar-refractivity contribution in [1.29, 1.82) is 0 Å². The molecule has 0 radical (unpaired) electrons. The molecule has 0 aliphatic rings. The highest BCUT2D eigenvalue weighted by molar-refractivity contribution is 6.31. The maximum absolute atomic E-state index is 12.7. The van der Waals surface area contributed by atoms with Gasteiger partial charge in [0, 0.05) is 17.1 Å². The first-order valence-corrected chi connectivity index (χ1v) is 4.80. The topological polar surface area (TPSA) is 35.2 Å². The summed E-state index contributed by atoms with van der Waals surface area (Å²) >= 11 is 5.86. The van der Waals surface area contributed by atoms with E-state index < -0.39 is 12.3 Å². The van der Waals surface area contributed by atoms with E-state index in [1.165, 1.54) is 7.11 Å². The van der Waals surface area contributed by atoms with Crippen molar-refractivity contribution in [1.82, 2.24) is 0 Å². The van der Waals surface area contributed by atoms with Crippen LogP contribution in [0.3, 0.4) is 0 Å². The van der Waals surface area contributed by atoms with E-state index in [-0.39, 0.29) is 17.1 Å². The van der Waals surface area contributed by atoms with E-state index in [4.69, 9.17) is 22.1 Å². The molecule has 0 heterocycles. The molecular weight excluding hydrogens is 224 g/mol. The summed E-state index contributed by atoms with van der Waals surface area (Å²) < 4.78 is 30.4. The summed E-state index contributed by atoms with van der Waals surface area (Å²) in [5.74, 6) is -0.744. The third kappa shape index (κ3) is 2.58. The summed E-state index contributed by atoms with van der Waals surface area (Å²) in [5.41, 5.74) is 5.58. The lowest BCUT2D eigenvalue weighted by Gasteiger charge is -2.18. The Morgan fingerprint density at radius 3 is 2.60 bits per heavy atom. The first-order chi connectivity index (χ1) is 7.11. The SMILES string of the molecule is COc1cccc(Cl)c1C(CN)C(F)F. The van der Waals surface area contributed by atoms with Crippen LogP contribution in [-0.4, -0.2) is 20.1 Å². The Morgan fingerprint density at radius 1 is 1.47 bits per heavy atom. The minimum Gasteiger partial charge on any atom is -0.496 e. The van der Waals surface area contributed by atoms with Crippen molar-refractivity contribution in [3.63, 3.8) is 0 Å². The Morgan fingerprint density at radius 2 is 2.13 bits per heavy atom. The number of alkyl halides is 2. The molecule has 0 fully saturated rings. The van der Waals surface area contributed by atoms with Crippen molar-refractivity contribution in [2.24, 2.45) is 5.73 Å². The van der Waals surface area contributed by atoms with Gasteiger partial charge in [0.25, 0.3) is 0 Å². The molecule has 5 heteroatoms. The molecule has 15 heavy (non-hydrogen) atoms. The summed E-state index contributed by atoms with van der Waals surface area (Å²) in [4.78, 5) is 0. The first kappa shape index (κ1) is 12.2. The fourth-order valence-corrected chi connectivity index (χ4v) is 1.71. The molecule has 2 N–H and O–H groups in total. The Balaban J connectivity index is 3.20. The van der Waals surface area contributed by atoms with E-state index in [0.29, 0.717) is 5.75 Å². The van der Waals surface area contributed by atoms with E-state index >= 15 is 0 Å². The molecule has 0 aliphatic carbocycles. The number of hydrogen-bond acceptors (Lipinski definition) is 2. The van der Waals surface area contributed by atoms with Gasteiger partial charge in [0.2, 0.25) is 6.43 Å². The van der Waals surface area contributed by atoms with Gasteiger partial charge in [-0.05, 0) is 12.1 Å². The van der Waals surface area contributed by atoms with Gasteiger partial charge in [0.05, 0.1) is 13.0 Å². The largest absolute Gasteiger partial charge is 0.496 e. The molecular formula is C10H12ClF2NO. The molecule has 0 saturated heterocycles. The Labute approximate surface area is 92.0 Å². The normalized spacial score (nSPS) is 12.9. The highest BCUT2D eigenvalue weighted by Crippen LogP contribution is 2.35. The number of rotatable bonds is 4. The zero-order valence-corrected chi connectivity index (χ0v) is 8.97. The highest BCUT2D eigenvalue weighted by Gasteiger charge is 2.26. The van der Waals surface area contributed by atoms with Crippen LogP contribution in [0.5, 0.6) is 5.75 Å². The monoisotopic (exact) mass is 235 g/mol. The summed E-state index contributed by atoms with van der Waals surface area (Å²) in [6, 6.07) is 4.78. The van der Waals surface area contributed by atoms with E-state index in [9.17, 15) is 8.78 Å². The molecule has 2 nitrogen and oxygen atoms in total. The molecule has 1 rings (SSSR count). The third-order valence-electron chi connectivity index (χ3n) is 2.16. The molecule has 1 aromatic carbocycles. The smallest absolute Gasteiger partial charge is 0.246 e. The number of benzene rings is 1. The molecule has 0 amide bonds. The van der Waals surface area contributed by atoms with Gasteiger partial charge >= 0.3 is 0 Å². The average molecular weight is 236 g/mol. The lowest BCUT2D eigenvalue weighted by Crippen LogP contribution is -2.20. The Kier molecular flexibility index (Phi) is 4.29. The van der Waals surface area contributed by atoms with Gasteiger partial charge in [-0.2, -0.15) is 0 Å². The van der Waals surface area contributed by atoms with Crippen molar-refractivity contribution in [2.45, 2.75) is 12.3 Å². The van der Waals surface area contributed by atoms with E-state index in [1.807, 2.05) is 0 Å². The minimum absolute atomic E-state index is 0.169. The zero-order valence-electron chi connectivity index (χ0n) is 8.21. The fourth-order valence-electron chi connectivity index (χ4n) is 1.40. The van der Waals surface area contributed by atoms with Crippen molar-refractivity contribution in [3.05, 3.63) is 28.8 Å². The van der Waals surface area contributed by atoms with Crippen molar-refractivity contribution >= 4 is 11.6 Å². The van der Waals surface area contributed by atoms with Crippen molar-refractivity contribution in [3.8, 4) is 5.75 Å². The molecule has 0 spiro atoms. The second kappa shape index (κ2) is 5.28. The molecule has 1 aromatic rings. The van der Waals surface area contributed by atoms with Crippen LogP contribution in [0, 0.1) is 0 Å². The molecule has 0 saturated carbocycles. The summed E-state index contributed by atoms with van der Waals surface area (Å²) in [5, 5.41) is 0.255. The fraction of sp³-hybridized carbons (Fsp3) is 0.400. The van der Waals surface area contributed by atoms with Crippen LogP contribution in [0.25, 0.3) is 0 Å². The van der Waals surface area contributed by atoms with Gasteiger partial charge in [-0.1, -0.05) is 17.7 Å². The molecule has 0 aliphatic heterocycles. The predicted octanol–water partition coefficient (Wildman–Crippen LogP) is 2.66. The highest BCUT2D eigenvalue weighted by atomic mass is 35.5. The first-order valence-electron chi connectivity index (χ1n) is 4.42. The zero-order chi connectivity index (χ0) is 11.4. The number of methoxy groups -OCH3 is 1. The second-order valence-electron chi connectivity index (χ2n) is 3.03. The molecule has 1 atom stereocenters. The average Bonchev–Trinajstić information content (AvgIpc) is 2.21. The summed E-state index contributed by atoms with van der Waals surface area (Å²) in [6.07, 6.45) is -2.55. The van der Waals surface area contributed by atoms with E-state index in [1.54, 1.807) is 18.2 Å².